The van der Waals surface area contributed by atoms with Crippen LogP contribution < -0.4 is 5.32 Å². The highest BCUT2D eigenvalue weighted by Crippen LogP contribution is 2.11. The molecule has 0 aliphatic heterocycles. The lowest BCUT2D eigenvalue weighted by Gasteiger charge is -2.14. The molecule has 0 atom stereocenters. The van der Waals surface area contributed by atoms with E-state index in [2.05, 4.69) is 5.32 Å². The van der Waals surface area contributed by atoms with Crippen molar-refractivity contribution in [2.45, 2.75) is 20.3 Å². The third-order valence-electron chi connectivity index (χ3n) is 3.28. The highest BCUT2D eigenvalue weighted by atomic mass is 16.4. The Morgan fingerprint density at radius 3 is 2.21 bits per heavy atom. The van der Waals surface area contributed by atoms with Gasteiger partial charge in [0.2, 0.25) is 5.91 Å². The number of aliphatic carboxylic acids is 1. The minimum absolute atomic E-state index is 0.0616. The predicted molar refractivity (Wildman–Crippen MR) is 88.7 cm³/mol. The van der Waals surface area contributed by atoms with Gasteiger partial charge in [-0.25, -0.2) is 0 Å². The number of ketones is 1. The average molecular weight is 332 g/mol. The van der Waals surface area contributed by atoms with Crippen molar-refractivity contribution in [2.24, 2.45) is 0 Å². The maximum Gasteiger partial charge on any atom is 0.305 e. The third kappa shape index (κ3) is 6.04. The molecule has 0 heterocycles. The SMILES string of the molecule is CC(=O)c1ccc(NC(=O)/C(C)=C\C(=O)N(C)CCC(=O)O)cc1. The summed E-state index contributed by atoms with van der Waals surface area (Å²) in [5, 5.41) is 11.2. The number of carbonyl (C=O) groups is 4. The molecule has 0 unspecified atom stereocenters. The Morgan fingerprint density at radius 1 is 1.12 bits per heavy atom. The number of nitrogens with one attached hydrogen (secondary N) is 1. The van der Waals surface area contributed by atoms with Crippen molar-refractivity contribution in [3.8, 4) is 0 Å². The summed E-state index contributed by atoms with van der Waals surface area (Å²) >= 11 is 0. The molecule has 128 valence electrons. The topological polar surface area (TPSA) is 104 Å². The van der Waals surface area contributed by atoms with E-state index in [9.17, 15) is 19.2 Å². The molecule has 0 saturated carbocycles. The van der Waals surface area contributed by atoms with Crippen LogP contribution in [0.15, 0.2) is 35.9 Å². The highest BCUT2D eigenvalue weighted by Gasteiger charge is 2.11. The Hall–Kier alpha value is -2.96. The summed E-state index contributed by atoms with van der Waals surface area (Å²) in [5.41, 5.74) is 1.23. The predicted octanol–water partition coefficient (Wildman–Crippen LogP) is 1.71. The van der Waals surface area contributed by atoms with E-state index in [0.717, 1.165) is 6.08 Å². The number of anilines is 1. The van der Waals surface area contributed by atoms with Gasteiger partial charge in [0.1, 0.15) is 0 Å². The van der Waals surface area contributed by atoms with Crippen LogP contribution in [0.3, 0.4) is 0 Å². The number of carbonyl (C=O) groups excluding carboxylic acids is 3. The smallest absolute Gasteiger partial charge is 0.305 e. The Labute approximate surface area is 140 Å². The molecule has 0 fully saturated rings. The molecular formula is C17H20N2O5. The first kappa shape index (κ1) is 19.1. The molecule has 0 radical (unpaired) electrons. The van der Waals surface area contributed by atoms with Crippen molar-refractivity contribution in [2.75, 3.05) is 18.9 Å². The van der Waals surface area contributed by atoms with E-state index < -0.39 is 17.8 Å². The number of amides is 2. The van der Waals surface area contributed by atoms with Gasteiger partial charge in [-0.3, -0.25) is 19.2 Å². The lowest BCUT2D eigenvalue weighted by molar-refractivity contribution is -0.137. The Bertz CT molecular complexity index is 677. The number of hydrogen-bond donors (Lipinski definition) is 2. The third-order valence-corrected chi connectivity index (χ3v) is 3.28. The average Bonchev–Trinajstić information content (AvgIpc) is 2.52. The zero-order valence-corrected chi connectivity index (χ0v) is 13.8. The maximum atomic E-state index is 12.0. The molecule has 0 saturated heterocycles. The van der Waals surface area contributed by atoms with Crippen LogP contribution in [0.2, 0.25) is 0 Å². The molecule has 0 bridgehead atoms. The van der Waals surface area contributed by atoms with Crippen molar-refractivity contribution in [3.63, 3.8) is 0 Å². The van der Waals surface area contributed by atoms with E-state index in [4.69, 9.17) is 5.11 Å². The van der Waals surface area contributed by atoms with Crippen LogP contribution in [0.4, 0.5) is 5.69 Å². The number of Topliss-reactive ketones (excluding diaryl/α,β-unsaturated/α-hetero) is 1. The molecule has 0 aliphatic rings. The van der Waals surface area contributed by atoms with E-state index in [0.29, 0.717) is 11.3 Å². The first-order valence-corrected chi connectivity index (χ1v) is 7.28. The highest BCUT2D eigenvalue weighted by molar-refractivity contribution is 6.07. The van der Waals surface area contributed by atoms with Gasteiger partial charge in [-0.1, -0.05) is 0 Å². The molecule has 0 spiro atoms. The number of carboxylic acids is 1. The van der Waals surface area contributed by atoms with E-state index >= 15 is 0 Å². The fourth-order valence-electron chi connectivity index (χ4n) is 1.75. The summed E-state index contributed by atoms with van der Waals surface area (Å²) in [4.78, 5) is 46.8. The van der Waals surface area contributed by atoms with E-state index in [1.807, 2.05) is 0 Å². The van der Waals surface area contributed by atoms with Crippen molar-refractivity contribution in [3.05, 3.63) is 41.5 Å². The molecule has 0 aromatic heterocycles. The zero-order chi connectivity index (χ0) is 18.3. The lowest BCUT2D eigenvalue weighted by Crippen LogP contribution is -2.28. The number of nitrogens with zero attached hydrogens (tertiary/aromatic N) is 1. The Balaban J connectivity index is 2.67. The van der Waals surface area contributed by atoms with Crippen molar-refractivity contribution >= 4 is 29.3 Å². The van der Waals surface area contributed by atoms with Crippen LogP contribution >= 0.6 is 0 Å². The van der Waals surface area contributed by atoms with Crippen LogP contribution in [-0.4, -0.2) is 47.2 Å². The zero-order valence-electron chi connectivity index (χ0n) is 13.8. The molecule has 0 aliphatic carbocycles. The van der Waals surface area contributed by atoms with Gasteiger partial charge in [0.05, 0.1) is 6.42 Å². The largest absolute Gasteiger partial charge is 0.481 e. The molecule has 1 aromatic rings. The van der Waals surface area contributed by atoms with Crippen molar-refractivity contribution < 1.29 is 24.3 Å². The van der Waals surface area contributed by atoms with Gasteiger partial charge < -0.3 is 15.3 Å². The summed E-state index contributed by atoms with van der Waals surface area (Å²) in [6.07, 6.45) is 0.991. The Kier molecular flexibility index (Phi) is 6.85. The number of benzene rings is 1. The monoisotopic (exact) mass is 332 g/mol. The minimum atomic E-state index is -0.998. The molecule has 7 nitrogen and oxygen atoms in total. The van der Waals surface area contributed by atoms with Gasteiger partial charge in [0, 0.05) is 36.5 Å². The molecule has 2 N–H and O–H groups in total. The van der Waals surface area contributed by atoms with Gasteiger partial charge >= 0.3 is 5.97 Å². The first-order valence-electron chi connectivity index (χ1n) is 7.28. The Morgan fingerprint density at radius 2 is 1.71 bits per heavy atom. The summed E-state index contributed by atoms with van der Waals surface area (Å²) in [6.45, 7) is 3.00. The summed E-state index contributed by atoms with van der Waals surface area (Å²) in [6, 6.07) is 6.40. The van der Waals surface area contributed by atoms with Crippen LogP contribution in [0.5, 0.6) is 0 Å². The van der Waals surface area contributed by atoms with Gasteiger partial charge in [0.25, 0.3) is 5.91 Å². The second-order valence-corrected chi connectivity index (χ2v) is 5.32. The van der Waals surface area contributed by atoms with Gasteiger partial charge in [0.15, 0.2) is 5.78 Å². The van der Waals surface area contributed by atoms with Crippen molar-refractivity contribution in [1.82, 2.24) is 4.90 Å². The molecule has 1 rings (SSSR count). The normalized spacial score (nSPS) is 10.9. The summed E-state index contributed by atoms with van der Waals surface area (Å²) < 4.78 is 0. The standard InChI is InChI=1S/C17H20N2O5/c1-11(10-15(21)19(3)9-8-16(22)23)17(24)18-14-6-4-13(5-7-14)12(2)20/h4-7,10H,8-9H2,1-3H3,(H,18,24)(H,22,23)/b11-10-. The summed E-state index contributed by atoms with van der Waals surface area (Å²) in [5.74, 6) is -1.97. The van der Waals surface area contributed by atoms with Crippen molar-refractivity contribution in [1.29, 1.82) is 0 Å². The fraction of sp³-hybridized carbons (Fsp3) is 0.294. The van der Waals surface area contributed by atoms with Crippen LogP contribution in [0.25, 0.3) is 0 Å². The fourth-order valence-corrected chi connectivity index (χ4v) is 1.75. The van der Waals surface area contributed by atoms with E-state index in [-0.39, 0.29) is 24.3 Å². The molecule has 1 aromatic carbocycles. The second kappa shape index (κ2) is 8.61. The first-order chi connectivity index (χ1) is 11.2. The number of hydrogen-bond acceptors (Lipinski definition) is 4. The molecule has 7 heteroatoms. The van der Waals surface area contributed by atoms with Crippen LogP contribution in [0.1, 0.15) is 30.6 Å². The van der Waals surface area contributed by atoms with E-state index in [1.165, 1.54) is 25.8 Å². The second-order valence-electron chi connectivity index (χ2n) is 5.32. The molecular weight excluding hydrogens is 312 g/mol. The number of likely N-dealkylation sites (N-methyl/N-ethyl adjacent to an activating group) is 1. The van der Waals surface area contributed by atoms with Gasteiger partial charge in [-0.05, 0) is 38.1 Å². The lowest BCUT2D eigenvalue weighted by atomic mass is 10.1. The van der Waals surface area contributed by atoms with E-state index in [1.54, 1.807) is 24.3 Å². The minimum Gasteiger partial charge on any atom is -0.481 e. The van der Waals surface area contributed by atoms with Gasteiger partial charge in [-0.15, -0.1) is 0 Å². The number of carboxylic acid groups (broad SMARTS) is 1. The molecule has 24 heavy (non-hydrogen) atoms. The number of rotatable bonds is 7. The van der Waals surface area contributed by atoms with Crippen LogP contribution in [-0.2, 0) is 14.4 Å². The molecule has 2 amide bonds. The maximum absolute atomic E-state index is 12.0. The van der Waals surface area contributed by atoms with Crippen LogP contribution in [0, 0.1) is 0 Å². The summed E-state index contributed by atoms with van der Waals surface area (Å²) in [7, 11) is 1.47. The van der Waals surface area contributed by atoms with Gasteiger partial charge in [-0.2, -0.15) is 0 Å². The quantitative estimate of drug-likeness (QED) is 0.584.